The molecule has 1 unspecified atom stereocenters. The van der Waals surface area contributed by atoms with Crippen LogP contribution in [0.15, 0.2) is 24.8 Å². The van der Waals surface area contributed by atoms with Crippen molar-refractivity contribution in [2.45, 2.75) is 51.9 Å². The Hall–Kier alpha value is -0.343. The molecule has 0 aromatic carbocycles. The van der Waals surface area contributed by atoms with E-state index in [0.717, 1.165) is 12.8 Å². The van der Waals surface area contributed by atoms with Crippen LogP contribution in [0, 0.1) is 0 Å². The second kappa shape index (κ2) is 7.02. The third-order valence-corrected chi connectivity index (χ3v) is 2.72. The van der Waals surface area contributed by atoms with Gasteiger partial charge in [0.25, 0.3) is 0 Å². The van der Waals surface area contributed by atoms with E-state index < -0.39 is 8.32 Å². The maximum atomic E-state index is 6.01. The van der Waals surface area contributed by atoms with Crippen LogP contribution in [0.5, 0.6) is 0 Å². The molecule has 0 aromatic rings. The monoisotopic (exact) mass is 212 g/mol. The standard InChI is InChI=1S/C12H24OSi/c1-6-8-9-11-12(10-7-2)13-14(3,4)5/h7,9,11-12H,2,6,8,10H2,1,3-5H3/b11-9+. The van der Waals surface area contributed by atoms with Crippen LogP contribution in [-0.2, 0) is 4.43 Å². The third-order valence-electron chi connectivity index (χ3n) is 1.71. The van der Waals surface area contributed by atoms with E-state index in [1.54, 1.807) is 0 Å². The molecule has 0 amide bonds. The van der Waals surface area contributed by atoms with Crippen molar-refractivity contribution in [2.75, 3.05) is 0 Å². The fourth-order valence-electron chi connectivity index (χ4n) is 1.20. The van der Waals surface area contributed by atoms with Crippen molar-refractivity contribution >= 4 is 8.32 Å². The largest absolute Gasteiger partial charge is 0.411 e. The van der Waals surface area contributed by atoms with Crippen molar-refractivity contribution in [1.29, 1.82) is 0 Å². The Balaban J connectivity index is 4.08. The lowest BCUT2D eigenvalue weighted by atomic mass is 10.2. The zero-order valence-corrected chi connectivity index (χ0v) is 11.0. The van der Waals surface area contributed by atoms with Gasteiger partial charge in [-0.3, -0.25) is 0 Å². The van der Waals surface area contributed by atoms with Crippen molar-refractivity contribution in [3.63, 3.8) is 0 Å². The summed E-state index contributed by atoms with van der Waals surface area (Å²) >= 11 is 0. The molecule has 0 aliphatic rings. The summed E-state index contributed by atoms with van der Waals surface area (Å²) < 4.78 is 6.01. The highest BCUT2D eigenvalue weighted by Gasteiger charge is 2.18. The average Bonchev–Trinajstić information content (AvgIpc) is 2.02. The molecule has 0 bridgehead atoms. The first kappa shape index (κ1) is 13.7. The fraction of sp³-hybridized carbons (Fsp3) is 0.667. The van der Waals surface area contributed by atoms with Gasteiger partial charge in [-0.05, 0) is 32.5 Å². The zero-order valence-electron chi connectivity index (χ0n) is 10.0. The minimum Gasteiger partial charge on any atom is -0.411 e. The van der Waals surface area contributed by atoms with Gasteiger partial charge < -0.3 is 4.43 Å². The van der Waals surface area contributed by atoms with Gasteiger partial charge in [0.05, 0.1) is 6.10 Å². The van der Waals surface area contributed by atoms with Crippen LogP contribution in [0.1, 0.15) is 26.2 Å². The number of rotatable bonds is 7. The summed E-state index contributed by atoms with van der Waals surface area (Å²) in [6.45, 7) is 12.6. The van der Waals surface area contributed by atoms with Crippen LogP contribution >= 0.6 is 0 Å². The van der Waals surface area contributed by atoms with Gasteiger partial charge in [-0.2, -0.15) is 0 Å². The number of hydrogen-bond donors (Lipinski definition) is 0. The molecule has 1 nitrogen and oxygen atoms in total. The maximum Gasteiger partial charge on any atom is 0.184 e. The summed E-state index contributed by atoms with van der Waals surface area (Å²) in [7, 11) is -1.42. The molecular formula is C12H24OSi. The van der Waals surface area contributed by atoms with Crippen molar-refractivity contribution < 1.29 is 4.43 Å². The Morgan fingerprint density at radius 3 is 2.43 bits per heavy atom. The first-order valence-electron chi connectivity index (χ1n) is 5.45. The van der Waals surface area contributed by atoms with Crippen LogP contribution in [0.3, 0.4) is 0 Å². The molecule has 0 saturated heterocycles. The molecule has 0 N–H and O–H groups in total. The topological polar surface area (TPSA) is 9.23 Å². The molecule has 1 atom stereocenters. The smallest absolute Gasteiger partial charge is 0.184 e. The molecule has 82 valence electrons. The highest BCUT2D eigenvalue weighted by atomic mass is 28.4. The first-order chi connectivity index (χ1) is 6.49. The number of hydrogen-bond acceptors (Lipinski definition) is 1. The van der Waals surface area contributed by atoms with Gasteiger partial charge in [0, 0.05) is 0 Å². The minimum absolute atomic E-state index is 0.241. The number of allylic oxidation sites excluding steroid dienone is 1. The van der Waals surface area contributed by atoms with Gasteiger partial charge in [-0.1, -0.05) is 31.6 Å². The molecule has 0 radical (unpaired) electrons. The molecule has 0 saturated carbocycles. The molecule has 2 heteroatoms. The molecule has 0 spiro atoms. The Morgan fingerprint density at radius 1 is 1.36 bits per heavy atom. The molecular weight excluding hydrogens is 188 g/mol. The van der Waals surface area contributed by atoms with Crippen molar-refractivity contribution in [3.8, 4) is 0 Å². The van der Waals surface area contributed by atoms with Gasteiger partial charge in [0.1, 0.15) is 0 Å². The lowest BCUT2D eigenvalue weighted by Crippen LogP contribution is -2.30. The van der Waals surface area contributed by atoms with Crippen molar-refractivity contribution in [3.05, 3.63) is 24.8 Å². The normalized spacial score (nSPS) is 14.6. The van der Waals surface area contributed by atoms with Gasteiger partial charge >= 0.3 is 0 Å². The van der Waals surface area contributed by atoms with Crippen LogP contribution in [0.2, 0.25) is 19.6 Å². The Labute approximate surface area is 90.0 Å². The van der Waals surface area contributed by atoms with Gasteiger partial charge in [-0.25, -0.2) is 0 Å². The van der Waals surface area contributed by atoms with E-state index in [1.165, 1.54) is 6.42 Å². The molecule has 0 aliphatic heterocycles. The second-order valence-electron chi connectivity index (χ2n) is 4.51. The summed E-state index contributed by atoms with van der Waals surface area (Å²) in [6, 6.07) is 0. The van der Waals surface area contributed by atoms with Gasteiger partial charge in [-0.15, -0.1) is 6.58 Å². The highest BCUT2D eigenvalue weighted by molar-refractivity contribution is 6.69. The van der Waals surface area contributed by atoms with E-state index >= 15 is 0 Å². The quantitative estimate of drug-likeness (QED) is 0.455. The SMILES string of the molecule is C=CCC(/C=C/CCC)O[Si](C)(C)C. The molecule has 14 heavy (non-hydrogen) atoms. The Morgan fingerprint density at radius 2 is 2.00 bits per heavy atom. The molecule has 0 rings (SSSR count). The third kappa shape index (κ3) is 8.26. The molecule has 0 fully saturated rings. The molecule has 0 aromatic heterocycles. The summed E-state index contributed by atoms with van der Waals surface area (Å²) in [5, 5.41) is 0. The number of unbranched alkanes of at least 4 members (excludes halogenated alkanes) is 1. The lowest BCUT2D eigenvalue weighted by Gasteiger charge is -2.23. The van der Waals surface area contributed by atoms with E-state index in [0.29, 0.717) is 0 Å². The van der Waals surface area contributed by atoms with Crippen molar-refractivity contribution in [1.82, 2.24) is 0 Å². The predicted octanol–water partition coefficient (Wildman–Crippen LogP) is 4.14. The lowest BCUT2D eigenvalue weighted by molar-refractivity contribution is 0.245. The predicted molar refractivity (Wildman–Crippen MR) is 67.1 cm³/mol. The summed E-state index contributed by atoms with van der Waals surface area (Å²) in [4.78, 5) is 0. The van der Waals surface area contributed by atoms with Crippen molar-refractivity contribution in [2.24, 2.45) is 0 Å². The van der Waals surface area contributed by atoms with Gasteiger partial charge in [0.15, 0.2) is 8.32 Å². The summed E-state index contributed by atoms with van der Waals surface area (Å²) in [5.74, 6) is 0. The van der Waals surface area contributed by atoms with E-state index in [1.807, 2.05) is 6.08 Å². The Bertz CT molecular complexity index is 179. The van der Waals surface area contributed by atoms with Crippen LogP contribution in [0.25, 0.3) is 0 Å². The highest BCUT2D eigenvalue weighted by Crippen LogP contribution is 2.12. The molecule has 0 heterocycles. The van der Waals surface area contributed by atoms with Crippen LogP contribution in [-0.4, -0.2) is 14.4 Å². The fourth-order valence-corrected chi connectivity index (χ4v) is 2.28. The van der Waals surface area contributed by atoms with E-state index in [9.17, 15) is 0 Å². The van der Waals surface area contributed by atoms with Crippen LogP contribution < -0.4 is 0 Å². The minimum atomic E-state index is -1.42. The average molecular weight is 212 g/mol. The first-order valence-corrected chi connectivity index (χ1v) is 8.85. The van der Waals surface area contributed by atoms with Gasteiger partial charge in [0.2, 0.25) is 0 Å². The molecule has 0 aliphatic carbocycles. The maximum absolute atomic E-state index is 6.01. The summed E-state index contributed by atoms with van der Waals surface area (Å²) in [6.07, 6.45) is 9.83. The van der Waals surface area contributed by atoms with E-state index in [-0.39, 0.29) is 6.10 Å². The second-order valence-corrected chi connectivity index (χ2v) is 8.97. The van der Waals surface area contributed by atoms with E-state index in [2.05, 4.69) is 45.3 Å². The van der Waals surface area contributed by atoms with E-state index in [4.69, 9.17) is 4.43 Å². The Kier molecular flexibility index (Phi) is 6.84. The zero-order chi connectivity index (χ0) is 11.0. The van der Waals surface area contributed by atoms with Crippen LogP contribution in [0.4, 0.5) is 0 Å². The summed E-state index contributed by atoms with van der Waals surface area (Å²) in [5.41, 5.74) is 0.